The van der Waals surface area contributed by atoms with Crippen LogP contribution >= 0.6 is 0 Å². The number of esters is 1. The number of benzene rings is 2. The predicted molar refractivity (Wildman–Crippen MR) is 118 cm³/mol. The average Bonchev–Trinajstić information content (AvgIpc) is 2.69. The number of unbranched alkanes of at least 4 members (excludes halogenated alkanes) is 1. The third-order valence-corrected chi connectivity index (χ3v) is 4.09. The Bertz CT molecular complexity index is 832. The van der Waals surface area contributed by atoms with Gasteiger partial charge in [0.05, 0.1) is 16.9 Å². The van der Waals surface area contributed by atoms with E-state index < -0.39 is 17.7 Å². The number of nitrogen functional groups attached to an aromatic ring is 1. The van der Waals surface area contributed by atoms with Crippen LogP contribution < -0.4 is 16.4 Å². The van der Waals surface area contributed by atoms with E-state index >= 15 is 0 Å². The lowest BCUT2D eigenvalue weighted by Crippen LogP contribution is -2.33. The molecule has 4 N–H and O–H groups in total. The van der Waals surface area contributed by atoms with E-state index in [1.165, 1.54) is 0 Å². The van der Waals surface area contributed by atoms with E-state index in [9.17, 15) is 9.59 Å². The molecule has 0 aliphatic rings. The van der Waals surface area contributed by atoms with Crippen LogP contribution in [0.4, 0.5) is 16.2 Å². The van der Waals surface area contributed by atoms with Gasteiger partial charge in [-0.1, -0.05) is 30.3 Å². The predicted octanol–water partition coefficient (Wildman–Crippen LogP) is 4.34. The summed E-state index contributed by atoms with van der Waals surface area (Å²) in [5.74, 6) is -0.412. The quantitative estimate of drug-likeness (QED) is 0.321. The second kappa shape index (κ2) is 11.1. The van der Waals surface area contributed by atoms with Gasteiger partial charge in [0.1, 0.15) is 12.2 Å². The molecule has 1 amide bonds. The van der Waals surface area contributed by atoms with Crippen LogP contribution in [0.25, 0.3) is 0 Å². The number of alkyl carbamates (subject to hydrolysis) is 1. The van der Waals surface area contributed by atoms with Crippen molar-refractivity contribution in [2.24, 2.45) is 0 Å². The molecule has 0 bridgehead atoms. The van der Waals surface area contributed by atoms with Gasteiger partial charge in [-0.3, -0.25) is 0 Å². The largest absolute Gasteiger partial charge is 0.457 e. The summed E-state index contributed by atoms with van der Waals surface area (Å²) in [5, 5.41) is 5.97. The Morgan fingerprint density at radius 2 is 1.70 bits per heavy atom. The van der Waals surface area contributed by atoms with E-state index in [-0.39, 0.29) is 6.61 Å². The highest BCUT2D eigenvalue weighted by Crippen LogP contribution is 2.21. The lowest BCUT2D eigenvalue weighted by Gasteiger charge is -2.19. The van der Waals surface area contributed by atoms with Crippen LogP contribution in [0.1, 0.15) is 49.5 Å². The van der Waals surface area contributed by atoms with Crippen molar-refractivity contribution in [2.45, 2.75) is 45.8 Å². The van der Waals surface area contributed by atoms with Gasteiger partial charge >= 0.3 is 12.1 Å². The molecule has 0 fully saturated rings. The molecule has 0 spiro atoms. The molecule has 7 heteroatoms. The van der Waals surface area contributed by atoms with E-state index in [1.54, 1.807) is 18.2 Å². The minimum Gasteiger partial charge on any atom is -0.457 e. The fraction of sp³-hybridized carbons (Fsp3) is 0.391. The van der Waals surface area contributed by atoms with E-state index in [1.807, 2.05) is 51.1 Å². The molecule has 0 unspecified atom stereocenters. The number of nitrogens with one attached hydrogen (secondary N) is 2. The highest BCUT2D eigenvalue weighted by Gasteiger charge is 2.15. The van der Waals surface area contributed by atoms with Crippen molar-refractivity contribution in [3.05, 3.63) is 59.7 Å². The Labute approximate surface area is 177 Å². The van der Waals surface area contributed by atoms with Crippen LogP contribution in [0.2, 0.25) is 0 Å². The SMILES string of the molecule is CC(C)(C)OC(=O)NCCCCNc1ccc(C(=O)OCc2ccccc2)cc1N. The van der Waals surface area contributed by atoms with Crippen LogP contribution in [0, 0.1) is 0 Å². The maximum atomic E-state index is 12.2. The summed E-state index contributed by atoms with van der Waals surface area (Å²) in [6, 6.07) is 14.6. The maximum Gasteiger partial charge on any atom is 0.407 e. The summed E-state index contributed by atoms with van der Waals surface area (Å²) >= 11 is 0. The van der Waals surface area contributed by atoms with E-state index in [0.29, 0.717) is 24.3 Å². The Balaban J connectivity index is 1.70. The highest BCUT2D eigenvalue weighted by molar-refractivity contribution is 5.91. The number of anilines is 2. The number of rotatable bonds is 9. The molecule has 0 aliphatic heterocycles. The molecule has 162 valence electrons. The van der Waals surface area contributed by atoms with Crippen LogP contribution in [-0.4, -0.2) is 30.8 Å². The Morgan fingerprint density at radius 3 is 2.37 bits per heavy atom. The molecule has 0 radical (unpaired) electrons. The van der Waals surface area contributed by atoms with Crippen molar-refractivity contribution in [1.29, 1.82) is 0 Å². The molecule has 2 aromatic rings. The summed E-state index contributed by atoms with van der Waals surface area (Å²) in [4.78, 5) is 23.8. The monoisotopic (exact) mass is 413 g/mol. The molecule has 0 heterocycles. The molecule has 0 aliphatic carbocycles. The molecule has 0 aromatic heterocycles. The molecule has 0 saturated carbocycles. The molecular weight excluding hydrogens is 382 g/mol. The van der Waals surface area contributed by atoms with Gasteiger partial charge in [0.2, 0.25) is 0 Å². The van der Waals surface area contributed by atoms with Gasteiger partial charge in [0.15, 0.2) is 0 Å². The van der Waals surface area contributed by atoms with Crippen molar-refractivity contribution < 1.29 is 19.1 Å². The first kappa shape index (κ1) is 23.1. The molecule has 30 heavy (non-hydrogen) atoms. The first-order chi connectivity index (χ1) is 14.2. The Hall–Kier alpha value is -3.22. The van der Waals surface area contributed by atoms with Gasteiger partial charge in [-0.25, -0.2) is 9.59 Å². The van der Waals surface area contributed by atoms with Crippen molar-refractivity contribution in [2.75, 3.05) is 24.1 Å². The second-order valence-electron chi connectivity index (χ2n) is 7.93. The van der Waals surface area contributed by atoms with Gasteiger partial charge in [0, 0.05) is 13.1 Å². The van der Waals surface area contributed by atoms with Crippen LogP contribution in [-0.2, 0) is 16.1 Å². The first-order valence-electron chi connectivity index (χ1n) is 10.1. The van der Waals surface area contributed by atoms with Gasteiger partial charge in [0.25, 0.3) is 0 Å². The first-order valence-corrected chi connectivity index (χ1v) is 10.1. The molecule has 0 atom stereocenters. The van der Waals surface area contributed by atoms with Crippen LogP contribution in [0.5, 0.6) is 0 Å². The summed E-state index contributed by atoms with van der Waals surface area (Å²) in [6.45, 7) is 6.94. The topological polar surface area (TPSA) is 103 Å². The zero-order valence-electron chi connectivity index (χ0n) is 17.9. The number of amides is 1. The molecule has 7 nitrogen and oxygen atoms in total. The number of ether oxygens (including phenoxy) is 2. The van der Waals surface area contributed by atoms with Crippen molar-refractivity contribution in [3.8, 4) is 0 Å². The molecular formula is C23H31N3O4. The number of hydrogen-bond donors (Lipinski definition) is 3. The Morgan fingerprint density at radius 1 is 1.00 bits per heavy atom. The normalized spacial score (nSPS) is 10.9. The van der Waals surface area contributed by atoms with Gasteiger partial charge < -0.3 is 25.8 Å². The zero-order chi connectivity index (χ0) is 22.0. The minimum atomic E-state index is -0.497. The molecule has 2 rings (SSSR count). The second-order valence-corrected chi connectivity index (χ2v) is 7.93. The van der Waals surface area contributed by atoms with Crippen molar-refractivity contribution in [3.63, 3.8) is 0 Å². The van der Waals surface area contributed by atoms with Gasteiger partial charge in [-0.15, -0.1) is 0 Å². The van der Waals surface area contributed by atoms with E-state index in [2.05, 4.69) is 10.6 Å². The molecule has 2 aromatic carbocycles. The lowest BCUT2D eigenvalue weighted by molar-refractivity contribution is 0.0471. The maximum absolute atomic E-state index is 12.2. The number of carbonyl (C=O) groups excluding carboxylic acids is 2. The third-order valence-electron chi connectivity index (χ3n) is 4.09. The van der Waals surface area contributed by atoms with Gasteiger partial charge in [-0.05, 0) is 57.4 Å². The Kier molecular flexibility index (Phi) is 8.53. The molecule has 0 saturated heterocycles. The third kappa shape index (κ3) is 8.43. The fourth-order valence-corrected chi connectivity index (χ4v) is 2.63. The fourth-order valence-electron chi connectivity index (χ4n) is 2.63. The summed E-state index contributed by atoms with van der Waals surface area (Å²) < 4.78 is 10.5. The van der Waals surface area contributed by atoms with Crippen molar-refractivity contribution >= 4 is 23.4 Å². The van der Waals surface area contributed by atoms with Crippen LogP contribution in [0.15, 0.2) is 48.5 Å². The average molecular weight is 414 g/mol. The smallest absolute Gasteiger partial charge is 0.407 e. The number of nitrogens with two attached hydrogens (primary N) is 1. The summed E-state index contributed by atoms with van der Waals surface area (Å²) in [7, 11) is 0. The number of hydrogen-bond acceptors (Lipinski definition) is 6. The van der Waals surface area contributed by atoms with Crippen molar-refractivity contribution in [1.82, 2.24) is 5.32 Å². The number of carbonyl (C=O) groups is 2. The lowest BCUT2D eigenvalue weighted by atomic mass is 10.1. The minimum absolute atomic E-state index is 0.219. The zero-order valence-corrected chi connectivity index (χ0v) is 17.9. The summed E-state index contributed by atoms with van der Waals surface area (Å²) in [6.07, 6.45) is 1.24. The standard InChI is InChI=1S/C23H31N3O4/c1-23(2,3)30-22(28)26-14-8-7-13-25-20-12-11-18(15-19(20)24)21(27)29-16-17-9-5-4-6-10-17/h4-6,9-12,15,25H,7-8,13-14,16,24H2,1-3H3,(H,26,28). The van der Waals surface area contributed by atoms with Gasteiger partial charge in [-0.2, -0.15) is 0 Å². The van der Waals surface area contributed by atoms with E-state index in [4.69, 9.17) is 15.2 Å². The summed E-state index contributed by atoms with van der Waals surface area (Å²) in [5.41, 5.74) is 8.15. The highest BCUT2D eigenvalue weighted by atomic mass is 16.6. The van der Waals surface area contributed by atoms with Crippen LogP contribution in [0.3, 0.4) is 0 Å². The van der Waals surface area contributed by atoms with E-state index in [0.717, 1.165) is 24.1 Å².